The van der Waals surface area contributed by atoms with Crippen LogP contribution < -0.4 is 9.47 Å². The van der Waals surface area contributed by atoms with Crippen molar-refractivity contribution in [3.05, 3.63) is 45.8 Å². The zero-order valence-corrected chi connectivity index (χ0v) is 16.0. The monoisotopic (exact) mass is 405 g/mol. The fourth-order valence-corrected chi connectivity index (χ4v) is 3.30. The number of hydrogen-bond donors (Lipinski definition) is 0. The van der Waals surface area contributed by atoms with E-state index in [0.29, 0.717) is 36.1 Å². The van der Waals surface area contributed by atoms with Crippen molar-refractivity contribution in [1.82, 2.24) is 14.9 Å². The molecule has 0 bridgehead atoms. The number of carbonyl (C=O) groups is 1. The van der Waals surface area contributed by atoms with Gasteiger partial charge in [-0.3, -0.25) is 4.79 Å². The van der Waals surface area contributed by atoms with E-state index < -0.39 is 0 Å². The van der Waals surface area contributed by atoms with Crippen molar-refractivity contribution in [3.63, 3.8) is 0 Å². The molecule has 0 saturated carbocycles. The van der Waals surface area contributed by atoms with Gasteiger partial charge in [-0.15, -0.1) is 0 Å². The first-order chi connectivity index (χ1) is 12.0. The first-order valence-corrected chi connectivity index (χ1v) is 8.87. The zero-order valence-electron chi connectivity index (χ0n) is 14.5. The maximum atomic E-state index is 12.8. The van der Waals surface area contributed by atoms with Crippen LogP contribution >= 0.6 is 15.9 Å². The third-order valence-electron chi connectivity index (χ3n) is 4.07. The van der Waals surface area contributed by atoms with E-state index in [4.69, 9.17) is 9.47 Å². The summed E-state index contributed by atoms with van der Waals surface area (Å²) in [6.07, 6.45) is 0.706. The highest BCUT2D eigenvalue weighted by atomic mass is 79.9. The molecule has 2 aromatic rings. The van der Waals surface area contributed by atoms with Crippen LogP contribution in [0, 0.1) is 13.8 Å². The predicted octanol–water partition coefficient (Wildman–Crippen LogP) is 3.16. The quantitative estimate of drug-likeness (QED) is 0.781. The highest BCUT2D eigenvalue weighted by Gasteiger charge is 2.29. The maximum absolute atomic E-state index is 12.8. The van der Waals surface area contributed by atoms with Gasteiger partial charge < -0.3 is 14.4 Å². The molecular formula is C18H20BrN3O3. The number of aromatic nitrogens is 2. The lowest BCUT2D eigenvalue weighted by Gasteiger charge is -2.18. The lowest BCUT2D eigenvalue weighted by atomic mass is 10.2. The van der Waals surface area contributed by atoms with Gasteiger partial charge in [-0.25, -0.2) is 4.98 Å². The van der Waals surface area contributed by atoms with Crippen LogP contribution in [0.15, 0.2) is 28.7 Å². The van der Waals surface area contributed by atoms with Gasteiger partial charge >= 0.3 is 0 Å². The van der Waals surface area contributed by atoms with E-state index >= 15 is 0 Å². The predicted molar refractivity (Wildman–Crippen MR) is 97.1 cm³/mol. The van der Waals surface area contributed by atoms with Crippen molar-refractivity contribution in [2.24, 2.45) is 0 Å². The van der Waals surface area contributed by atoms with Crippen LogP contribution in [-0.4, -0.2) is 47.1 Å². The summed E-state index contributed by atoms with van der Waals surface area (Å²) >= 11 is 3.44. The molecule has 0 N–H and O–H groups in total. The smallest absolute Gasteiger partial charge is 0.255 e. The van der Waals surface area contributed by atoms with Crippen molar-refractivity contribution in [1.29, 1.82) is 0 Å². The molecule has 1 aromatic heterocycles. The van der Waals surface area contributed by atoms with E-state index in [1.807, 2.05) is 32.0 Å². The average molecular weight is 406 g/mol. The summed E-state index contributed by atoms with van der Waals surface area (Å²) in [6.45, 7) is 4.93. The third kappa shape index (κ3) is 4.10. The van der Waals surface area contributed by atoms with Crippen molar-refractivity contribution < 1.29 is 14.3 Å². The molecule has 2 heterocycles. The fraction of sp³-hybridized carbons (Fsp3) is 0.389. The van der Waals surface area contributed by atoms with Crippen LogP contribution in [0.3, 0.4) is 0 Å². The normalized spacial score (nSPS) is 16.8. The highest BCUT2D eigenvalue weighted by Crippen LogP contribution is 2.26. The molecule has 1 aliphatic rings. The van der Waals surface area contributed by atoms with E-state index in [9.17, 15) is 4.79 Å². The number of halogens is 1. The average Bonchev–Trinajstić information content (AvgIpc) is 3.02. The Labute approximate surface area is 155 Å². The molecule has 1 atom stereocenters. The topological polar surface area (TPSA) is 64.5 Å². The Morgan fingerprint density at radius 1 is 1.28 bits per heavy atom. The van der Waals surface area contributed by atoms with Crippen molar-refractivity contribution in [3.8, 4) is 11.6 Å². The van der Waals surface area contributed by atoms with Gasteiger partial charge in [0.15, 0.2) is 0 Å². The lowest BCUT2D eigenvalue weighted by molar-refractivity contribution is 0.0769. The van der Waals surface area contributed by atoms with Crippen LogP contribution in [0.25, 0.3) is 0 Å². The highest BCUT2D eigenvalue weighted by molar-refractivity contribution is 9.10. The summed E-state index contributed by atoms with van der Waals surface area (Å²) < 4.78 is 11.9. The molecule has 1 saturated heterocycles. The number of ether oxygens (including phenoxy) is 2. The summed E-state index contributed by atoms with van der Waals surface area (Å²) in [5.41, 5.74) is 1.46. The number of methoxy groups -OCH3 is 1. The Kier molecular flexibility index (Phi) is 5.22. The van der Waals surface area contributed by atoms with Gasteiger partial charge in [0.05, 0.1) is 19.2 Å². The lowest BCUT2D eigenvalue weighted by Crippen LogP contribution is -2.31. The minimum absolute atomic E-state index is 0.0353. The fourth-order valence-electron chi connectivity index (χ4n) is 2.89. The number of likely N-dealkylation sites (tertiary alicyclic amines) is 1. The number of hydrogen-bond acceptors (Lipinski definition) is 5. The number of nitrogens with zero attached hydrogens (tertiary/aromatic N) is 3. The Bertz CT molecular complexity index is 777. The van der Waals surface area contributed by atoms with E-state index in [0.717, 1.165) is 16.6 Å². The molecule has 0 unspecified atom stereocenters. The molecule has 1 amide bonds. The largest absolute Gasteiger partial charge is 0.497 e. The van der Waals surface area contributed by atoms with Crippen molar-refractivity contribution in [2.75, 3.05) is 20.2 Å². The van der Waals surface area contributed by atoms with Crippen LogP contribution in [0.4, 0.5) is 0 Å². The molecule has 1 aliphatic heterocycles. The van der Waals surface area contributed by atoms with Crippen molar-refractivity contribution in [2.45, 2.75) is 26.4 Å². The second-order valence-electron chi connectivity index (χ2n) is 6.02. The molecule has 3 rings (SSSR count). The van der Waals surface area contributed by atoms with E-state index in [2.05, 4.69) is 25.9 Å². The minimum atomic E-state index is -0.0676. The standard InChI is InChI=1S/C18H20BrN3O3/c1-11-8-17(21-12(2)20-11)25-14-6-7-22(10-14)18(23)15-9-13(24-3)4-5-16(15)19/h4-5,8-9,14H,6-7,10H2,1-3H3/t14-/m1/s1. The summed E-state index contributed by atoms with van der Waals surface area (Å²) in [7, 11) is 1.59. The van der Waals surface area contributed by atoms with Gasteiger partial charge in [0, 0.05) is 29.2 Å². The summed E-state index contributed by atoms with van der Waals surface area (Å²) in [6, 6.07) is 7.20. The molecule has 0 aliphatic carbocycles. The minimum Gasteiger partial charge on any atom is -0.497 e. The van der Waals surface area contributed by atoms with Gasteiger partial charge in [-0.05, 0) is 48.0 Å². The number of carbonyl (C=O) groups excluding carboxylic acids is 1. The van der Waals surface area contributed by atoms with E-state index in [-0.39, 0.29) is 12.0 Å². The molecule has 0 spiro atoms. The number of benzene rings is 1. The second kappa shape index (κ2) is 7.39. The molecular weight excluding hydrogens is 386 g/mol. The Morgan fingerprint density at radius 3 is 2.80 bits per heavy atom. The summed E-state index contributed by atoms with van der Waals surface area (Å²) in [5, 5.41) is 0. The van der Waals surface area contributed by atoms with Crippen LogP contribution in [0.1, 0.15) is 28.3 Å². The zero-order chi connectivity index (χ0) is 18.0. The first kappa shape index (κ1) is 17.7. The molecule has 0 radical (unpaired) electrons. The molecule has 132 valence electrons. The molecule has 1 aromatic carbocycles. The molecule has 25 heavy (non-hydrogen) atoms. The van der Waals surface area contributed by atoms with Crippen LogP contribution in [0.2, 0.25) is 0 Å². The molecule has 6 nitrogen and oxygen atoms in total. The summed E-state index contributed by atoms with van der Waals surface area (Å²) in [4.78, 5) is 23.1. The van der Waals surface area contributed by atoms with E-state index in [1.165, 1.54) is 0 Å². The third-order valence-corrected chi connectivity index (χ3v) is 4.76. The Balaban J connectivity index is 1.69. The number of amides is 1. The van der Waals surface area contributed by atoms with Gasteiger partial charge in [0.1, 0.15) is 17.7 Å². The van der Waals surface area contributed by atoms with E-state index in [1.54, 1.807) is 18.1 Å². The molecule has 7 heteroatoms. The van der Waals surface area contributed by atoms with Crippen LogP contribution in [0.5, 0.6) is 11.6 Å². The number of aryl methyl sites for hydroxylation is 2. The maximum Gasteiger partial charge on any atom is 0.255 e. The van der Waals surface area contributed by atoms with Crippen LogP contribution in [-0.2, 0) is 0 Å². The SMILES string of the molecule is COc1ccc(Br)c(C(=O)N2CC[C@@H](Oc3cc(C)nc(C)n3)C2)c1. The second-order valence-corrected chi connectivity index (χ2v) is 6.87. The Morgan fingerprint density at radius 2 is 2.08 bits per heavy atom. The summed E-state index contributed by atoms with van der Waals surface area (Å²) in [5.74, 6) is 1.87. The van der Waals surface area contributed by atoms with Gasteiger partial charge in [-0.2, -0.15) is 4.98 Å². The Hall–Kier alpha value is -2.15. The van der Waals surface area contributed by atoms with Gasteiger partial charge in [0.2, 0.25) is 5.88 Å². The number of rotatable bonds is 4. The van der Waals surface area contributed by atoms with Gasteiger partial charge in [0.25, 0.3) is 5.91 Å². The molecule has 1 fully saturated rings. The van der Waals surface area contributed by atoms with Gasteiger partial charge in [-0.1, -0.05) is 0 Å². The van der Waals surface area contributed by atoms with Crippen molar-refractivity contribution >= 4 is 21.8 Å². The first-order valence-electron chi connectivity index (χ1n) is 8.08.